The molecule has 3 amide bonds. The number of likely N-dealkylation sites (tertiary alicyclic amines) is 2. The van der Waals surface area contributed by atoms with E-state index in [-0.39, 0.29) is 50.7 Å². The molecule has 7 atom stereocenters. The number of aromatic nitrogens is 3. The van der Waals surface area contributed by atoms with Crippen LogP contribution in [0.5, 0.6) is 0 Å². The molecule has 2 fully saturated rings. The van der Waals surface area contributed by atoms with E-state index in [1.54, 1.807) is 38.1 Å². The van der Waals surface area contributed by atoms with Gasteiger partial charge in [-0.15, -0.1) is 0 Å². The molecule has 2 aliphatic heterocycles. The van der Waals surface area contributed by atoms with Gasteiger partial charge in [0.1, 0.15) is 30.0 Å². The second-order valence-corrected chi connectivity index (χ2v) is 16.5. The number of likely N-dealkylation sites (N-methyl/N-ethyl adjacent to an activating group) is 2. The van der Waals surface area contributed by atoms with Crippen molar-refractivity contribution in [1.29, 1.82) is 0 Å². The van der Waals surface area contributed by atoms with Crippen LogP contribution in [0.15, 0.2) is 36.4 Å². The molecular weight excluding hydrogens is 728 g/mol. The lowest BCUT2D eigenvalue weighted by molar-refractivity contribution is -0.138. The molecule has 4 aromatic rings. The summed E-state index contributed by atoms with van der Waals surface area (Å²) in [5.41, 5.74) is 1.96. The molecule has 7 unspecified atom stereocenters. The summed E-state index contributed by atoms with van der Waals surface area (Å²) in [6.07, 6.45) is -1.28. The van der Waals surface area contributed by atoms with Gasteiger partial charge in [0.2, 0.25) is 17.7 Å². The number of nitrogens with one attached hydrogen (secondary N) is 4. The molecule has 0 spiro atoms. The fourth-order valence-corrected chi connectivity index (χ4v) is 8.45. The summed E-state index contributed by atoms with van der Waals surface area (Å²) in [7, 11) is 3.35. The molecule has 2 saturated heterocycles. The number of carbonyl (C=O) groups excluding carboxylic acids is 3. The van der Waals surface area contributed by atoms with E-state index < -0.39 is 65.5 Å². The minimum Gasteiger partial charge on any atom is -0.352 e. The number of alkyl halides is 2. The van der Waals surface area contributed by atoms with Crippen molar-refractivity contribution in [3.05, 3.63) is 53.6 Å². The van der Waals surface area contributed by atoms with E-state index in [9.17, 15) is 23.2 Å². The SMILES string of the molecule is CCCC(NC(=O)C(C)NC)C(=O)N1CC(F)CC1Cn1c(-c2[nH]c3cc(F)ccc3c2CC2CC(F)CN2C(=O)C(NC)C(C)(C)C)nc2cc(F)ccc21. The third kappa shape index (κ3) is 8.29. The van der Waals surface area contributed by atoms with Gasteiger partial charge in [0.15, 0.2) is 5.82 Å². The second-order valence-electron chi connectivity index (χ2n) is 16.5. The van der Waals surface area contributed by atoms with Crippen molar-refractivity contribution < 1.29 is 31.9 Å². The molecule has 2 aliphatic rings. The molecule has 2 aromatic heterocycles. The van der Waals surface area contributed by atoms with E-state index in [2.05, 4.69) is 20.9 Å². The molecular formula is C41H54F4N8O3. The van der Waals surface area contributed by atoms with Crippen LogP contribution >= 0.6 is 0 Å². The first-order valence-corrected chi connectivity index (χ1v) is 19.5. The van der Waals surface area contributed by atoms with Crippen LogP contribution in [0.3, 0.4) is 0 Å². The van der Waals surface area contributed by atoms with Gasteiger partial charge in [-0.1, -0.05) is 34.1 Å². The first-order valence-electron chi connectivity index (χ1n) is 19.5. The Hall–Kier alpha value is -4.50. The predicted molar refractivity (Wildman–Crippen MR) is 208 cm³/mol. The summed E-state index contributed by atoms with van der Waals surface area (Å²) in [5.74, 6) is -1.62. The van der Waals surface area contributed by atoms with Crippen LogP contribution in [0.25, 0.3) is 33.5 Å². The van der Waals surface area contributed by atoms with Gasteiger partial charge in [0, 0.05) is 42.4 Å². The van der Waals surface area contributed by atoms with Gasteiger partial charge in [0.25, 0.3) is 0 Å². The highest BCUT2D eigenvalue weighted by atomic mass is 19.1. The van der Waals surface area contributed by atoms with Gasteiger partial charge in [-0.25, -0.2) is 22.5 Å². The Balaban J connectivity index is 1.43. The Bertz CT molecular complexity index is 2080. The van der Waals surface area contributed by atoms with E-state index in [0.717, 1.165) is 0 Å². The lowest BCUT2D eigenvalue weighted by atomic mass is 9.85. The first-order chi connectivity index (χ1) is 26.5. The second kappa shape index (κ2) is 16.5. The number of hydrogen-bond acceptors (Lipinski definition) is 6. The summed E-state index contributed by atoms with van der Waals surface area (Å²) < 4.78 is 61.9. The summed E-state index contributed by atoms with van der Waals surface area (Å²) in [5, 5.41) is 9.47. The van der Waals surface area contributed by atoms with Crippen molar-refractivity contribution in [1.82, 2.24) is 40.3 Å². The van der Waals surface area contributed by atoms with Crippen molar-refractivity contribution in [3.8, 4) is 11.5 Å². The van der Waals surface area contributed by atoms with Crippen molar-refractivity contribution >= 4 is 39.7 Å². The number of carbonyl (C=O) groups is 3. The number of imidazole rings is 1. The van der Waals surface area contributed by atoms with Crippen molar-refractivity contribution in [3.63, 3.8) is 0 Å². The minimum absolute atomic E-state index is 0.0218. The zero-order chi connectivity index (χ0) is 40.6. The molecule has 0 radical (unpaired) electrons. The maximum atomic E-state index is 15.4. The third-order valence-corrected chi connectivity index (χ3v) is 11.3. The summed E-state index contributed by atoms with van der Waals surface area (Å²) in [6.45, 7) is 9.26. The van der Waals surface area contributed by atoms with E-state index in [4.69, 9.17) is 4.98 Å². The summed E-state index contributed by atoms with van der Waals surface area (Å²) in [6, 6.07) is 5.30. The van der Waals surface area contributed by atoms with Crippen molar-refractivity contribution in [2.75, 3.05) is 27.2 Å². The summed E-state index contributed by atoms with van der Waals surface area (Å²) in [4.78, 5) is 52.2. The van der Waals surface area contributed by atoms with Crippen LogP contribution in [0.2, 0.25) is 0 Å². The molecule has 6 rings (SSSR count). The van der Waals surface area contributed by atoms with Crippen molar-refractivity contribution in [2.24, 2.45) is 5.41 Å². The fraction of sp³-hybridized carbons (Fsp3) is 0.561. The summed E-state index contributed by atoms with van der Waals surface area (Å²) >= 11 is 0. The van der Waals surface area contributed by atoms with Crippen molar-refractivity contribution in [2.45, 2.75) is 116 Å². The molecule has 11 nitrogen and oxygen atoms in total. The number of nitrogens with zero attached hydrogens (tertiary/aromatic N) is 4. The molecule has 0 aliphatic carbocycles. The van der Waals surface area contributed by atoms with Gasteiger partial charge >= 0.3 is 0 Å². The molecule has 15 heteroatoms. The maximum absolute atomic E-state index is 15.4. The van der Waals surface area contributed by atoms with Gasteiger partial charge in [-0.05, 0) is 75.2 Å². The van der Waals surface area contributed by atoms with Crippen LogP contribution < -0.4 is 16.0 Å². The predicted octanol–water partition coefficient (Wildman–Crippen LogP) is 5.41. The standard InChI is InChI=1S/C41H54F4N8O3/c1-8-9-31(50-38(54)22(2)46-6)39(55)52-20-26(45)15-28(52)21-53-34-13-11-24(43)17-33(34)49-37(53)35-30(29-12-10-23(42)16-32(29)48-35)18-27-14-25(44)19-51(27)40(56)36(47-7)41(3,4)5/h10-13,16-17,22,25-28,31,36,46-48H,8-9,14-15,18-21H2,1-7H3,(H,50,54). The monoisotopic (exact) mass is 782 g/mol. The quantitative estimate of drug-likeness (QED) is 0.135. The number of rotatable bonds is 13. The Morgan fingerprint density at radius 3 is 2.21 bits per heavy atom. The van der Waals surface area contributed by atoms with Crippen LogP contribution in [0.1, 0.15) is 65.9 Å². The zero-order valence-corrected chi connectivity index (χ0v) is 33.2. The molecule has 304 valence electrons. The van der Waals surface area contributed by atoms with E-state index in [0.29, 0.717) is 51.9 Å². The van der Waals surface area contributed by atoms with Crippen LogP contribution in [-0.2, 0) is 27.3 Å². The Morgan fingerprint density at radius 2 is 1.57 bits per heavy atom. The number of benzene rings is 2. The number of H-pyrrole nitrogens is 1. The molecule has 2 aromatic carbocycles. The van der Waals surface area contributed by atoms with Gasteiger partial charge in [0.05, 0.1) is 47.9 Å². The smallest absolute Gasteiger partial charge is 0.245 e. The van der Waals surface area contributed by atoms with E-state index >= 15 is 8.78 Å². The molecule has 0 bridgehead atoms. The third-order valence-electron chi connectivity index (χ3n) is 11.3. The molecule has 4 heterocycles. The van der Waals surface area contributed by atoms with Crippen LogP contribution in [-0.4, -0.2) is 112 Å². The van der Waals surface area contributed by atoms with Gasteiger partial charge < -0.3 is 35.3 Å². The topological polar surface area (TPSA) is 127 Å². The Kier molecular flexibility index (Phi) is 12.1. The highest BCUT2D eigenvalue weighted by Gasteiger charge is 2.43. The zero-order valence-electron chi connectivity index (χ0n) is 33.2. The highest BCUT2D eigenvalue weighted by molar-refractivity contribution is 5.92. The molecule has 4 N–H and O–H groups in total. The number of hydrogen-bond donors (Lipinski definition) is 4. The highest BCUT2D eigenvalue weighted by Crippen LogP contribution is 2.38. The molecule has 56 heavy (non-hydrogen) atoms. The Labute approximate surface area is 324 Å². The van der Waals surface area contributed by atoms with Gasteiger partial charge in [-0.2, -0.15) is 0 Å². The van der Waals surface area contributed by atoms with E-state index in [1.807, 2.05) is 32.3 Å². The lowest BCUT2D eigenvalue weighted by Gasteiger charge is -2.35. The van der Waals surface area contributed by atoms with Crippen LogP contribution in [0, 0.1) is 17.0 Å². The maximum Gasteiger partial charge on any atom is 0.245 e. The average Bonchev–Trinajstić information content (AvgIpc) is 3.89. The minimum atomic E-state index is -1.32. The normalized spacial score (nSPS) is 21.9. The Morgan fingerprint density at radius 1 is 0.929 bits per heavy atom. The number of amides is 3. The number of fused-ring (bicyclic) bond motifs is 2. The fourth-order valence-electron chi connectivity index (χ4n) is 8.45. The lowest BCUT2D eigenvalue weighted by Crippen LogP contribution is -2.53. The molecule has 0 saturated carbocycles. The average molecular weight is 783 g/mol. The van der Waals surface area contributed by atoms with E-state index in [1.165, 1.54) is 29.2 Å². The largest absolute Gasteiger partial charge is 0.352 e. The van der Waals surface area contributed by atoms with Crippen LogP contribution in [0.4, 0.5) is 17.6 Å². The number of aromatic amines is 1. The number of halogens is 4. The van der Waals surface area contributed by atoms with Gasteiger partial charge in [-0.3, -0.25) is 14.4 Å². The first kappa shape index (κ1) is 41.1.